The number of rotatable bonds is 3. The first-order valence-electron chi connectivity index (χ1n) is 5.75. The molecule has 0 spiro atoms. The van der Waals surface area contributed by atoms with E-state index in [0.717, 1.165) is 24.1 Å². The molecule has 1 fully saturated rings. The van der Waals surface area contributed by atoms with Crippen molar-refractivity contribution in [1.82, 2.24) is 9.88 Å². The third-order valence-electron chi connectivity index (χ3n) is 3.13. The van der Waals surface area contributed by atoms with Gasteiger partial charge in [-0.3, -0.25) is 4.90 Å². The van der Waals surface area contributed by atoms with E-state index in [-0.39, 0.29) is 6.61 Å². The fourth-order valence-electron chi connectivity index (χ4n) is 2.21. The molecule has 1 atom stereocenters. The Morgan fingerprint density at radius 1 is 1.44 bits per heavy atom. The van der Waals surface area contributed by atoms with Crippen molar-refractivity contribution < 1.29 is 5.11 Å². The van der Waals surface area contributed by atoms with Crippen LogP contribution in [-0.4, -0.2) is 34.2 Å². The van der Waals surface area contributed by atoms with Gasteiger partial charge < -0.3 is 5.11 Å². The van der Waals surface area contributed by atoms with Crippen LogP contribution < -0.4 is 0 Å². The van der Waals surface area contributed by atoms with Crippen molar-refractivity contribution in [3.63, 3.8) is 0 Å². The van der Waals surface area contributed by atoms with Gasteiger partial charge in [0.2, 0.25) is 0 Å². The summed E-state index contributed by atoms with van der Waals surface area (Å²) < 4.78 is 0.869. The van der Waals surface area contributed by atoms with Crippen molar-refractivity contribution >= 4 is 15.9 Å². The molecule has 1 saturated heterocycles. The first kappa shape index (κ1) is 12.0. The number of hydrogen-bond donors (Lipinski definition) is 1. The highest BCUT2D eigenvalue weighted by Gasteiger charge is 2.21. The molecule has 1 unspecified atom stereocenters. The third-order valence-corrected chi connectivity index (χ3v) is 3.60. The Morgan fingerprint density at radius 2 is 2.31 bits per heavy atom. The van der Waals surface area contributed by atoms with Gasteiger partial charge in [-0.05, 0) is 46.9 Å². The maximum absolute atomic E-state index is 9.32. The molecule has 0 aliphatic carbocycles. The molecule has 1 aliphatic rings. The van der Waals surface area contributed by atoms with Crippen molar-refractivity contribution in [2.45, 2.75) is 31.8 Å². The number of nitrogens with zero attached hydrogens (tertiary/aromatic N) is 2. The standard InChI is InChI=1S/C12H17BrN2O/c13-12-5-4-10(7-14-12)8-15-6-2-1-3-11(15)9-16/h4-5,7,11,16H,1-3,6,8-9H2. The molecule has 0 amide bonds. The van der Waals surface area contributed by atoms with Crippen LogP contribution in [0.3, 0.4) is 0 Å². The van der Waals surface area contributed by atoms with Crippen LogP contribution >= 0.6 is 15.9 Å². The van der Waals surface area contributed by atoms with Gasteiger partial charge in [0.15, 0.2) is 0 Å². The van der Waals surface area contributed by atoms with Gasteiger partial charge in [-0.25, -0.2) is 4.98 Å². The predicted molar refractivity (Wildman–Crippen MR) is 67.1 cm³/mol. The van der Waals surface area contributed by atoms with Crippen molar-refractivity contribution in [2.24, 2.45) is 0 Å². The molecule has 0 saturated carbocycles. The van der Waals surface area contributed by atoms with E-state index in [4.69, 9.17) is 0 Å². The maximum atomic E-state index is 9.32. The number of halogens is 1. The van der Waals surface area contributed by atoms with E-state index >= 15 is 0 Å². The van der Waals surface area contributed by atoms with Crippen LogP contribution in [-0.2, 0) is 6.54 Å². The van der Waals surface area contributed by atoms with E-state index in [0.29, 0.717) is 6.04 Å². The number of piperidine rings is 1. The minimum atomic E-state index is 0.268. The second kappa shape index (κ2) is 5.75. The summed E-state index contributed by atoms with van der Waals surface area (Å²) in [6.07, 6.45) is 5.48. The molecule has 1 aromatic rings. The molecule has 16 heavy (non-hydrogen) atoms. The Bertz CT molecular complexity index is 328. The largest absolute Gasteiger partial charge is 0.395 e. The molecule has 0 radical (unpaired) electrons. The van der Waals surface area contributed by atoms with Gasteiger partial charge in [-0.2, -0.15) is 0 Å². The quantitative estimate of drug-likeness (QED) is 0.865. The SMILES string of the molecule is OCC1CCCCN1Cc1ccc(Br)nc1. The minimum Gasteiger partial charge on any atom is -0.395 e. The van der Waals surface area contributed by atoms with E-state index in [9.17, 15) is 5.11 Å². The lowest BCUT2D eigenvalue weighted by molar-refractivity contribution is 0.0840. The zero-order valence-electron chi connectivity index (χ0n) is 9.27. The smallest absolute Gasteiger partial charge is 0.106 e. The van der Waals surface area contributed by atoms with Gasteiger partial charge in [-0.1, -0.05) is 12.5 Å². The Kier molecular flexibility index (Phi) is 4.32. The average Bonchev–Trinajstić information content (AvgIpc) is 2.33. The van der Waals surface area contributed by atoms with Gasteiger partial charge in [0.1, 0.15) is 4.60 Å². The Morgan fingerprint density at radius 3 is 3.00 bits per heavy atom. The Balaban J connectivity index is 1.99. The Hall–Kier alpha value is -0.450. The second-order valence-corrected chi connectivity index (χ2v) is 5.10. The lowest BCUT2D eigenvalue weighted by Gasteiger charge is -2.34. The van der Waals surface area contributed by atoms with Crippen LogP contribution in [0.5, 0.6) is 0 Å². The van der Waals surface area contributed by atoms with E-state index in [1.807, 2.05) is 12.3 Å². The van der Waals surface area contributed by atoms with Crippen LogP contribution in [0.1, 0.15) is 24.8 Å². The first-order chi connectivity index (χ1) is 7.79. The summed E-state index contributed by atoms with van der Waals surface area (Å²) >= 11 is 3.33. The summed E-state index contributed by atoms with van der Waals surface area (Å²) in [4.78, 5) is 6.58. The molecule has 2 rings (SSSR count). The fourth-order valence-corrected chi connectivity index (χ4v) is 2.44. The van der Waals surface area contributed by atoms with Crippen molar-refractivity contribution in [1.29, 1.82) is 0 Å². The van der Waals surface area contributed by atoms with Gasteiger partial charge in [0.05, 0.1) is 6.61 Å². The monoisotopic (exact) mass is 284 g/mol. The second-order valence-electron chi connectivity index (χ2n) is 4.29. The molecule has 2 heterocycles. The molecular formula is C12H17BrN2O. The number of pyridine rings is 1. The maximum Gasteiger partial charge on any atom is 0.106 e. The molecule has 0 bridgehead atoms. The molecule has 1 N–H and O–H groups in total. The summed E-state index contributed by atoms with van der Waals surface area (Å²) in [6.45, 7) is 2.25. The van der Waals surface area contributed by atoms with Gasteiger partial charge in [0, 0.05) is 18.8 Å². The predicted octanol–water partition coefficient (Wildman–Crippen LogP) is 2.19. The van der Waals surface area contributed by atoms with Crippen molar-refractivity contribution in [2.75, 3.05) is 13.2 Å². The highest BCUT2D eigenvalue weighted by atomic mass is 79.9. The summed E-state index contributed by atoms with van der Waals surface area (Å²) in [7, 11) is 0. The fraction of sp³-hybridized carbons (Fsp3) is 0.583. The molecule has 88 valence electrons. The third kappa shape index (κ3) is 3.03. The molecule has 3 nitrogen and oxygen atoms in total. The van der Waals surface area contributed by atoms with Crippen LogP contribution in [0, 0.1) is 0 Å². The number of aliphatic hydroxyl groups excluding tert-OH is 1. The summed E-state index contributed by atoms with van der Waals surface area (Å²) in [5.41, 5.74) is 1.21. The minimum absolute atomic E-state index is 0.268. The zero-order chi connectivity index (χ0) is 11.4. The van der Waals surface area contributed by atoms with Crippen LogP contribution in [0.25, 0.3) is 0 Å². The highest BCUT2D eigenvalue weighted by Crippen LogP contribution is 2.19. The summed E-state index contributed by atoms with van der Waals surface area (Å²) in [5.74, 6) is 0. The highest BCUT2D eigenvalue weighted by molar-refractivity contribution is 9.10. The normalized spacial score (nSPS) is 22.2. The van der Waals surface area contributed by atoms with Crippen LogP contribution in [0.4, 0.5) is 0 Å². The molecule has 4 heteroatoms. The van der Waals surface area contributed by atoms with Crippen molar-refractivity contribution in [3.8, 4) is 0 Å². The first-order valence-corrected chi connectivity index (χ1v) is 6.54. The molecule has 1 aromatic heterocycles. The zero-order valence-corrected chi connectivity index (χ0v) is 10.9. The number of aromatic nitrogens is 1. The van der Waals surface area contributed by atoms with Gasteiger partial charge >= 0.3 is 0 Å². The lowest BCUT2D eigenvalue weighted by atomic mass is 10.0. The van der Waals surface area contributed by atoms with E-state index in [1.165, 1.54) is 18.4 Å². The van der Waals surface area contributed by atoms with E-state index in [2.05, 4.69) is 31.9 Å². The topological polar surface area (TPSA) is 36.4 Å². The van der Waals surface area contributed by atoms with E-state index in [1.54, 1.807) is 0 Å². The number of hydrogen-bond acceptors (Lipinski definition) is 3. The number of aliphatic hydroxyl groups is 1. The Labute approximate surface area is 105 Å². The van der Waals surface area contributed by atoms with Crippen LogP contribution in [0.15, 0.2) is 22.9 Å². The van der Waals surface area contributed by atoms with Crippen LogP contribution in [0.2, 0.25) is 0 Å². The van der Waals surface area contributed by atoms with Gasteiger partial charge in [-0.15, -0.1) is 0 Å². The lowest BCUT2D eigenvalue weighted by Crippen LogP contribution is -2.41. The number of likely N-dealkylation sites (tertiary alicyclic amines) is 1. The average molecular weight is 285 g/mol. The van der Waals surface area contributed by atoms with Gasteiger partial charge in [0.25, 0.3) is 0 Å². The molecule has 1 aliphatic heterocycles. The van der Waals surface area contributed by atoms with Crippen molar-refractivity contribution in [3.05, 3.63) is 28.5 Å². The molecule has 0 aromatic carbocycles. The van der Waals surface area contributed by atoms with E-state index < -0.39 is 0 Å². The summed E-state index contributed by atoms with van der Waals surface area (Å²) in [5, 5.41) is 9.32. The summed E-state index contributed by atoms with van der Waals surface area (Å²) in [6, 6.07) is 4.38. The molecular weight excluding hydrogens is 268 g/mol.